The lowest BCUT2D eigenvalue weighted by atomic mass is 10.2. The maximum absolute atomic E-state index is 12.6. The van der Waals surface area contributed by atoms with Gasteiger partial charge in [0, 0.05) is 28.0 Å². The van der Waals surface area contributed by atoms with Crippen molar-refractivity contribution < 1.29 is 9.53 Å². The Morgan fingerprint density at radius 3 is 2.73 bits per heavy atom. The molecule has 0 aliphatic heterocycles. The second-order valence-corrected chi connectivity index (χ2v) is 7.44. The minimum Gasteiger partial charge on any atom is -0.489 e. The molecule has 30 heavy (non-hydrogen) atoms. The summed E-state index contributed by atoms with van der Waals surface area (Å²) in [6.07, 6.45) is 5.04. The van der Waals surface area contributed by atoms with Crippen LogP contribution in [0.25, 0.3) is 0 Å². The molecular formula is C22H18BrN5O2. The fourth-order valence-corrected chi connectivity index (χ4v) is 3.02. The topological polar surface area (TPSA) is 81.9 Å². The van der Waals surface area contributed by atoms with Crippen LogP contribution in [0.5, 0.6) is 5.75 Å². The molecule has 150 valence electrons. The van der Waals surface area contributed by atoms with E-state index in [1.165, 1.54) is 0 Å². The van der Waals surface area contributed by atoms with Crippen molar-refractivity contribution in [2.75, 3.05) is 5.32 Å². The van der Waals surface area contributed by atoms with Crippen LogP contribution in [0.15, 0.2) is 83.9 Å². The predicted molar refractivity (Wildman–Crippen MR) is 116 cm³/mol. The number of pyridine rings is 1. The lowest BCUT2D eigenvalue weighted by Gasteiger charge is -2.08. The van der Waals surface area contributed by atoms with Crippen LogP contribution in [-0.2, 0) is 13.2 Å². The van der Waals surface area contributed by atoms with Crippen molar-refractivity contribution in [1.29, 1.82) is 0 Å². The summed E-state index contributed by atoms with van der Waals surface area (Å²) in [4.78, 5) is 20.8. The van der Waals surface area contributed by atoms with Gasteiger partial charge in [-0.1, -0.05) is 40.2 Å². The maximum Gasteiger partial charge on any atom is 0.258 e. The molecule has 0 spiro atoms. The molecule has 2 aromatic carbocycles. The number of benzene rings is 2. The number of carbonyl (C=O) groups excluding carboxylic acids is 1. The Morgan fingerprint density at radius 1 is 1.07 bits per heavy atom. The van der Waals surface area contributed by atoms with Gasteiger partial charge in [0.2, 0.25) is 5.95 Å². The number of hydrogen-bond acceptors (Lipinski definition) is 5. The first-order valence-electron chi connectivity index (χ1n) is 9.23. The summed E-state index contributed by atoms with van der Waals surface area (Å²) in [5, 5.41) is 7.04. The molecule has 0 unspecified atom stereocenters. The van der Waals surface area contributed by atoms with Crippen LogP contribution in [0.3, 0.4) is 0 Å². The Hall–Kier alpha value is -3.52. The van der Waals surface area contributed by atoms with Crippen LogP contribution >= 0.6 is 15.9 Å². The van der Waals surface area contributed by atoms with Crippen molar-refractivity contribution in [3.8, 4) is 5.75 Å². The van der Waals surface area contributed by atoms with Crippen molar-refractivity contribution in [2.45, 2.75) is 13.2 Å². The van der Waals surface area contributed by atoms with Gasteiger partial charge in [-0.3, -0.25) is 15.1 Å². The van der Waals surface area contributed by atoms with Crippen molar-refractivity contribution in [3.63, 3.8) is 0 Å². The molecule has 7 nitrogen and oxygen atoms in total. The van der Waals surface area contributed by atoms with E-state index in [4.69, 9.17) is 4.74 Å². The van der Waals surface area contributed by atoms with Crippen molar-refractivity contribution in [1.82, 2.24) is 19.7 Å². The van der Waals surface area contributed by atoms with Crippen LogP contribution < -0.4 is 10.1 Å². The van der Waals surface area contributed by atoms with E-state index in [1.807, 2.05) is 36.4 Å². The van der Waals surface area contributed by atoms with Gasteiger partial charge in [-0.05, 0) is 42.0 Å². The van der Waals surface area contributed by atoms with Gasteiger partial charge in [-0.15, -0.1) is 5.10 Å². The minimum atomic E-state index is -0.303. The fourth-order valence-electron chi connectivity index (χ4n) is 2.76. The summed E-state index contributed by atoms with van der Waals surface area (Å²) in [7, 11) is 0. The number of nitrogens with zero attached hydrogens (tertiary/aromatic N) is 4. The Labute approximate surface area is 181 Å². The van der Waals surface area contributed by atoms with Gasteiger partial charge in [0.25, 0.3) is 5.91 Å². The van der Waals surface area contributed by atoms with Gasteiger partial charge in [0.05, 0.1) is 6.54 Å². The highest BCUT2D eigenvalue weighted by molar-refractivity contribution is 9.10. The molecule has 8 heteroatoms. The molecule has 1 N–H and O–H groups in total. The standard InChI is InChI=1S/C22H18BrN5O2/c23-19-8-6-16(7-9-19)13-28-15-25-22(27-28)26-21(29)18-4-1-5-20(11-18)30-14-17-3-2-10-24-12-17/h1-12,15H,13-14H2,(H,26,27,29). The highest BCUT2D eigenvalue weighted by Crippen LogP contribution is 2.16. The number of ether oxygens (including phenoxy) is 1. The van der Waals surface area contributed by atoms with Crippen LogP contribution in [0.1, 0.15) is 21.5 Å². The van der Waals surface area contributed by atoms with Crippen LogP contribution in [0.4, 0.5) is 5.95 Å². The summed E-state index contributed by atoms with van der Waals surface area (Å²) in [5.74, 6) is 0.544. The zero-order valence-electron chi connectivity index (χ0n) is 15.9. The lowest BCUT2D eigenvalue weighted by molar-refractivity contribution is 0.102. The number of nitrogens with one attached hydrogen (secondary N) is 1. The third kappa shape index (κ3) is 5.30. The molecular weight excluding hydrogens is 446 g/mol. The molecule has 0 fully saturated rings. The molecule has 0 saturated carbocycles. The summed E-state index contributed by atoms with van der Waals surface area (Å²) >= 11 is 3.42. The van der Waals surface area contributed by atoms with E-state index in [2.05, 4.69) is 36.3 Å². The van der Waals surface area contributed by atoms with Crippen LogP contribution in [-0.4, -0.2) is 25.7 Å². The third-order valence-electron chi connectivity index (χ3n) is 4.24. The number of rotatable bonds is 7. The normalized spacial score (nSPS) is 10.6. The Bertz CT molecular complexity index is 1130. The first-order valence-corrected chi connectivity index (χ1v) is 10.0. The number of hydrogen-bond donors (Lipinski definition) is 1. The molecule has 1 amide bonds. The molecule has 2 heterocycles. The zero-order valence-corrected chi connectivity index (χ0v) is 17.5. The SMILES string of the molecule is O=C(Nc1ncn(Cc2ccc(Br)cc2)n1)c1cccc(OCc2cccnc2)c1. The summed E-state index contributed by atoms with van der Waals surface area (Å²) < 4.78 is 8.44. The minimum absolute atomic E-state index is 0.249. The number of carbonyl (C=O) groups is 1. The maximum atomic E-state index is 12.6. The fraction of sp³-hybridized carbons (Fsp3) is 0.0909. The molecule has 4 rings (SSSR count). The van der Waals surface area contributed by atoms with Crippen molar-refractivity contribution >= 4 is 27.8 Å². The summed E-state index contributed by atoms with van der Waals surface area (Å²) in [6, 6.07) is 18.7. The predicted octanol–water partition coefficient (Wildman–Crippen LogP) is 4.32. The van der Waals surface area contributed by atoms with Gasteiger partial charge in [-0.2, -0.15) is 0 Å². The monoisotopic (exact) mass is 463 g/mol. The number of halogens is 1. The molecule has 2 aromatic heterocycles. The van der Waals surface area contributed by atoms with Gasteiger partial charge in [0.1, 0.15) is 18.7 Å². The second kappa shape index (κ2) is 9.32. The van der Waals surface area contributed by atoms with Gasteiger partial charge in [-0.25, -0.2) is 9.67 Å². The smallest absolute Gasteiger partial charge is 0.258 e. The van der Waals surface area contributed by atoms with Crippen molar-refractivity contribution in [3.05, 3.63) is 101 Å². The van der Waals surface area contributed by atoms with E-state index in [0.29, 0.717) is 24.5 Å². The third-order valence-corrected chi connectivity index (χ3v) is 4.77. The average molecular weight is 464 g/mol. The Morgan fingerprint density at radius 2 is 1.93 bits per heavy atom. The molecule has 4 aromatic rings. The Balaban J connectivity index is 1.37. The van der Waals surface area contributed by atoms with Crippen LogP contribution in [0.2, 0.25) is 0 Å². The largest absolute Gasteiger partial charge is 0.489 e. The molecule has 0 saturated heterocycles. The second-order valence-electron chi connectivity index (χ2n) is 6.52. The first-order chi connectivity index (χ1) is 14.7. The summed E-state index contributed by atoms with van der Waals surface area (Å²) in [5.41, 5.74) is 2.50. The molecule has 0 aliphatic carbocycles. The number of anilines is 1. The van der Waals surface area contributed by atoms with E-state index in [1.54, 1.807) is 47.7 Å². The van der Waals surface area contributed by atoms with Gasteiger partial charge in [0.15, 0.2) is 0 Å². The average Bonchev–Trinajstić information content (AvgIpc) is 3.21. The summed E-state index contributed by atoms with van der Waals surface area (Å²) in [6.45, 7) is 0.939. The van der Waals surface area contributed by atoms with E-state index in [-0.39, 0.29) is 11.9 Å². The number of aromatic nitrogens is 4. The molecule has 0 bridgehead atoms. The first kappa shape index (κ1) is 19.8. The van der Waals surface area contributed by atoms with Gasteiger partial charge < -0.3 is 4.74 Å². The zero-order chi connectivity index (χ0) is 20.8. The molecule has 0 aliphatic rings. The van der Waals surface area contributed by atoms with E-state index >= 15 is 0 Å². The highest BCUT2D eigenvalue weighted by atomic mass is 79.9. The Kier molecular flexibility index (Phi) is 6.14. The van der Waals surface area contributed by atoms with Gasteiger partial charge >= 0.3 is 0 Å². The van der Waals surface area contributed by atoms with E-state index in [0.717, 1.165) is 15.6 Å². The molecule has 0 atom stereocenters. The van der Waals surface area contributed by atoms with Crippen molar-refractivity contribution in [2.24, 2.45) is 0 Å². The number of amides is 1. The quantitative estimate of drug-likeness (QED) is 0.441. The lowest BCUT2D eigenvalue weighted by Crippen LogP contribution is -2.13. The highest BCUT2D eigenvalue weighted by Gasteiger charge is 2.10. The van der Waals surface area contributed by atoms with E-state index < -0.39 is 0 Å². The van der Waals surface area contributed by atoms with Crippen LogP contribution in [0, 0.1) is 0 Å². The van der Waals surface area contributed by atoms with E-state index in [9.17, 15) is 4.79 Å². The molecule has 0 radical (unpaired) electrons.